The number of benzene rings is 1. The number of Topliss-reactive ketones (excluding diaryl/α,β-unsaturated/α-hetero) is 1. The van der Waals surface area contributed by atoms with Gasteiger partial charge in [-0.05, 0) is 40.8 Å². The number of carbonyl (C=O) groups is 1. The Balaban J connectivity index is 3.08. The molecule has 1 aromatic carbocycles. The molecule has 0 aliphatic rings. The van der Waals surface area contributed by atoms with Gasteiger partial charge in [0.05, 0.1) is 0 Å². The smallest absolute Gasteiger partial charge is 0.162 e. The Morgan fingerprint density at radius 2 is 2.17 bits per heavy atom. The van der Waals surface area contributed by atoms with Crippen LogP contribution in [-0.4, -0.2) is 5.78 Å². The van der Waals surface area contributed by atoms with E-state index in [2.05, 4.69) is 0 Å². The Kier molecular flexibility index (Phi) is 3.20. The van der Waals surface area contributed by atoms with Crippen molar-refractivity contribution in [2.24, 2.45) is 0 Å². The van der Waals surface area contributed by atoms with E-state index in [0.29, 0.717) is 12.0 Å². The number of rotatable bonds is 2. The molecule has 0 aliphatic carbocycles. The third-order valence-electron chi connectivity index (χ3n) is 1.51. The highest BCUT2D eigenvalue weighted by Gasteiger charge is 2.05. The molecule has 0 unspecified atom stereocenters. The number of carbonyl (C=O) groups excluding carboxylic acids is 1. The SMILES string of the molecule is CCC(=O)c1cc(F)cc(I)c1. The van der Waals surface area contributed by atoms with Crippen LogP contribution in [0.2, 0.25) is 0 Å². The zero-order valence-corrected chi connectivity index (χ0v) is 8.76. The summed E-state index contributed by atoms with van der Waals surface area (Å²) in [5.74, 6) is -0.369. The maximum atomic E-state index is 12.8. The Labute approximate surface area is 84.1 Å². The minimum absolute atomic E-state index is 0.0209. The molecule has 64 valence electrons. The average molecular weight is 278 g/mol. The van der Waals surface area contributed by atoms with E-state index >= 15 is 0 Å². The molecule has 12 heavy (non-hydrogen) atoms. The minimum Gasteiger partial charge on any atom is -0.294 e. The highest BCUT2D eigenvalue weighted by Crippen LogP contribution is 2.12. The lowest BCUT2D eigenvalue weighted by Gasteiger charge is -1.98. The Hall–Kier alpha value is -0.450. The molecule has 0 N–H and O–H groups in total. The van der Waals surface area contributed by atoms with Gasteiger partial charge in [0, 0.05) is 15.6 Å². The quantitative estimate of drug-likeness (QED) is 0.600. The zero-order chi connectivity index (χ0) is 9.14. The molecule has 0 aromatic heterocycles. The van der Waals surface area contributed by atoms with Crippen molar-refractivity contribution in [1.82, 2.24) is 0 Å². The number of halogens is 2. The third-order valence-corrected chi connectivity index (χ3v) is 2.13. The molecule has 0 amide bonds. The van der Waals surface area contributed by atoms with Crippen LogP contribution in [0, 0.1) is 9.39 Å². The summed E-state index contributed by atoms with van der Waals surface area (Å²) in [6, 6.07) is 4.36. The van der Waals surface area contributed by atoms with Crippen LogP contribution in [0.5, 0.6) is 0 Å². The maximum Gasteiger partial charge on any atom is 0.162 e. The van der Waals surface area contributed by atoms with Crippen molar-refractivity contribution in [2.75, 3.05) is 0 Å². The molecule has 0 saturated carbocycles. The van der Waals surface area contributed by atoms with Crippen LogP contribution in [0.15, 0.2) is 18.2 Å². The molecule has 3 heteroatoms. The van der Waals surface area contributed by atoms with Gasteiger partial charge in [0.15, 0.2) is 5.78 Å². The fourth-order valence-corrected chi connectivity index (χ4v) is 1.55. The van der Waals surface area contributed by atoms with E-state index in [1.165, 1.54) is 12.1 Å². The summed E-state index contributed by atoms with van der Waals surface area (Å²) in [5, 5.41) is 0. The van der Waals surface area contributed by atoms with E-state index in [4.69, 9.17) is 0 Å². The van der Waals surface area contributed by atoms with Gasteiger partial charge in [-0.1, -0.05) is 6.92 Å². The first-order valence-corrected chi connectivity index (χ1v) is 4.70. The van der Waals surface area contributed by atoms with Crippen LogP contribution in [-0.2, 0) is 0 Å². The number of hydrogen-bond acceptors (Lipinski definition) is 1. The topological polar surface area (TPSA) is 17.1 Å². The summed E-state index contributed by atoms with van der Waals surface area (Å²) in [6.45, 7) is 1.76. The predicted molar refractivity (Wildman–Crippen MR) is 53.7 cm³/mol. The Morgan fingerprint density at radius 3 is 2.67 bits per heavy atom. The predicted octanol–water partition coefficient (Wildman–Crippen LogP) is 3.02. The molecule has 0 fully saturated rings. The molecule has 0 heterocycles. The highest BCUT2D eigenvalue weighted by molar-refractivity contribution is 14.1. The van der Waals surface area contributed by atoms with Crippen molar-refractivity contribution in [3.63, 3.8) is 0 Å². The maximum absolute atomic E-state index is 12.8. The van der Waals surface area contributed by atoms with Gasteiger partial charge in [0.1, 0.15) is 5.82 Å². The second-order valence-electron chi connectivity index (χ2n) is 2.43. The van der Waals surface area contributed by atoms with Crippen molar-refractivity contribution in [3.8, 4) is 0 Å². The van der Waals surface area contributed by atoms with Crippen LogP contribution in [0.25, 0.3) is 0 Å². The molecular formula is C9H8FIO. The molecule has 0 aliphatic heterocycles. The minimum atomic E-state index is -0.348. The second kappa shape index (κ2) is 3.98. The second-order valence-corrected chi connectivity index (χ2v) is 3.68. The van der Waals surface area contributed by atoms with Gasteiger partial charge in [-0.15, -0.1) is 0 Å². The van der Waals surface area contributed by atoms with Crippen molar-refractivity contribution in [1.29, 1.82) is 0 Å². The molecule has 1 rings (SSSR count). The van der Waals surface area contributed by atoms with E-state index in [9.17, 15) is 9.18 Å². The van der Waals surface area contributed by atoms with Gasteiger partial charge in [0.25, 0.3) is 0 Å². The van der Waals surface area contributed by atoms with Crippen LogP contribution >= 0.6 is 22.6 Å². The van der Waals surface area contributed by atoms with Gasteiger partial charge in [-0.3, -0.25) is 4.79 Å². The van der Waals surface area contributed by atoms with Crippen molar-refractivity contribution < 1.29 is 9.18 Å². The first-order valence-electron chi connectivity index (χ1n) is 3.62. The molecule has 0 radical (unpaired) electrons. The lowest BCUT2D eigenvalue weighted by atomic mass is 10.1. The van der Waals surface area contributed by atoms with Gasteiger partial charge in [0.2, 0.25) is 0 Å². The van der Waals surface area contributed by atoms with Crippen LogP contribution in [0.4, 0.5) is 4.39 Å². The summed E-state index contributed by atoms with van der Waals surface area (Å²) in [4.78, 5) is 11.1. The van der Waals surface area contributed by atoms with Crippen LogP contribution in [0.1, 0.15) is 23.7 Å². The molecule has 0 saturated heterocycles. The third kappa shape index (κ3) is 2.27. The van der Waals surface area contributed by atoms with E-state index in [1.54, 1.807) is 13.0 Å². The largest absolute Gasteiger partial charge is 0.294 e. The fraction of sp³-hybridized carbons (Fsp3) is 0.222. The molecule has 0 atom stereocenters. The molecule has 0 bridgehead atoms. The summed E-state index contributed by atoms with van der Waals surface area (Å²) < 4.78 is 13.5. The van der Waals surface area contributed by atoms with E-state index < -0.39 is 0 Å². The molecule has 1 aromatic rings. The fourth-order valence-electron chi connectivity index (χ4n) is 0.919. The van der Waals surface area contributed by atoms with E-state index in [0.717, 1.165) is 3.57 Å². The average Bonchev–Trinajstić information content (AvgIpc) is 2.01. The van der Waals surface area contributed by atoms with Crippen LogP contribution < -0.4 is 0 Å². The van der Waals surface area contributed by atoms with Gasteiger partial charge in [-0.25, -0.2) is 4.39 Å². The zero-order valence-electron chi connectivity index (χ0n) is 6.60. The Bertz CT molecular complexity index is 289. The van der Waals surface area contributed by atoms with Crippen molar-refractivity contribution in [3.05, 3.63) is 33.1 Å². The first-order chi connectivity index (χ1) is 5.63. The van der Waals surface area contributed by atoms with Gasteiger partial charge >= 0.3 is 0 Å². The van der Waals surface area contributed by atoms with Gasteiger partial charge < -0.3 is 0 Å². The van der Waals surface area contributed by atoms with Crippen molar-refractivity contribution in [2.45, 2.75) is 13.3 Å². The number of ketones is 1. The summed E-state index contributed by atoms with van der Waals surface area (Å²) in [6.07, 6.45) is 0.416. The van der Waals surface area contributed by atoms with Crippen molar-refractivity contribution >= 4 is 28.4 Å². The first kappa shape index (κ1) is 9.64. The summed E-state index contributed by atoms with van der Waals surface area (Å²) in [7, 11) is 0. The molecule has 0 spiro atoms. The van der Waals surface area contributed by atoms with E-state index in [-0.39, 0.29) is 11.6 Å². The lowest BCUT2D eigenvalue weighted by Crippen LogP contribution is -1.97. The normalized spacial score (nSPS) is 9.92. The molecule has 1 nitrogen and oxygen atoms in total. The Morgan fingerprint density at radius 1 is 1.50 bits per heavy atom. The van der Waals surface area contributed by atoms with Gasteiger partial charge in [-0.2, -0.15) is 0 Å². The highest BCUT2D eigenvalue weighted by atomic mass is 127. The molecular weight excluding hydrogens is 270 g/mol. The summed E-state index contributed by atoms with van der Waals surface area (Å²) in [5.41, 5.74) is 0.460. The summed E-state index contributed by atoms with van der Waals surface area (Å²) >= 11 is 1.99. The lowest BCUT2D eigenvalue weighted by molar-refractivity contribution is 0.0987. The van der Waals surface area contributed by atoms with E-state index in [1.807, 2.05) is 22.6 Å². The standard InChI is InChI=1S/C9H8FIO/c1-2-9(12)6-3-7(10)5-8(11)4-6/h3-5H,2H2,1H3. The number of hydrogen-bond donors (Lipinski definition) is 0. The van der Waals surface area contributed by atoms with Crippen LogP contribution in [0.3, 0.4) is 0 Å². The monoisotopic (exact) mass is 278 g/mol.